The minimum absolute atomic E-state index is 0.00239. The summed E-state index contributed by atoms with van der Waals surface area (Å²) in [5, 5.41) is 7.89. The number of hydrogen-bond donors (Lipinski definition) is 1. The van der Waals surface area contributed by atoms with Gasteiger partial charge in [0.15, 0.2) is 11.6 Å². The number of nitrogens with zero attached hydrogens (tertiary/aromatic N) is 6. The fraction of sp³-hybridized carbons (Fsp3) is 0.522. The lowest BCUT2D eigenvalue weighted by atomic mass is 9.85. The molecule has 0 spiro atoms. The summed E-state index contributed by atoms with van der Waals surface area (Å²) in [5.41, 5.74) is 0.544. The summed E-state index contributed by atoms with van der Waals surface area (Å²) >= 11 is 5.88. The van der Waals surface area contributed by atoms with Gasteiger partial charge in [0.1, 0.15) is 17.0 Å². The van der Waals surface area contributed by atoms with E-state index >= 15 is 0 Å². The third-order valence-electron chi connectivity index (χ3n) is 6.55. The number of rotatable bonds is 9. The molecule has 1 aliphatic carbocycles. The standard InChI is InChI=1S/C23H30ClN7O4S/c1-14-8-5-6-10-18(14)31-22(17-9-7-11-19(27-17)34-3)28-29-23(31)30-36(32,33)15(2)20(35-4)21-25-12-16(24)13-26-21/h7,9,11-15,18,20H,5-6,8,10H2,1-4H3,(H,29,30)/t14-,15?,18-,20?/m1/s1. The molecule has 0 bridgehead atoms. The highest BCUT2D eigenvalue weighted by molar-refractivity contribution is 7.93. The first-order valence-corrected chi connectivity index (χ1v) is 13.7. The normalized spacial score (nSPS) is 20.0. The third kappa shape index (κ3) is 5.45. The second-order valence-electron chi connectivity index (χ2n) is 8.88. The number of anilines is 1. The van der Waals surface area contributed by atoms with Crippen molar-refractivity contribution in [1.82, 2.24) is 29.7 Å². The quantitative estimate of drug-likeness (QED) is 0.430. The van der Waals surface area contributed by atoms with E-state index in [4.69, 9.17) is 21.1 Å². The van der Waals surface area contributed by atoms with E-state index in [1.54, 1.807) is 12.1 Å². The van der Waals surface area contributed by atoms with E-state index < -0.39 is 21.4 Å². The van der Waals surface area contributed by atoms with Gasteiger partial charge in [0.2, 0.25) is 21.9 Å². The van der Waals surface area contributed by atoms with E-state index in [9.17, 15) is 8.42 Å². The van der Waals surface area contributed by atoms with Crippen molar-refractivity contribution in [2.75, 3.05) is 18.9 Å². The van der Waals surface area contributed by atoms with Gasteiger partial charge in [-0.2, -0.15) is 0 Å². The number of nitrogens with one attached hydrogen (secondary N) is 1. The van der Waals surface area contributed by atoms with E-state index in [0.717, 1.165) is 25.7 Å². The summed E-state index contributed by atoms with van der Waals surface area (Å²) in [6, 6.07) is 5.35. The predicted molar refractivity (Wildman–Crippen MR) is 135 cm³/mol. The van der Waals surface area contributed by atoms with Crippen LogP contribution in [0.5, 0.6) is 5.88 Å². The summed E-state index contributed by atoms with van der Waals surface area (Å²) in [4.78, 5) is 12.8. The highest BCUT2D eigenvalue weighted by Gasteiger charge is 2.36. The zero-order valence-electron chi connectivity index (χ0n) is 20.6. The highest BCUT2D eigenvalue weighted by Crippen LogP contribution is 2.38. The first-order valence-electron chi connectivity index (χ1n) is 11.7. The molecular weight excluding hydrogens is 506 g/mol. The molecule has 4 atom stereocenters. The Morgan fingerprint density at radius 1 is 1.14 bits per heavy atom. The van der Waals surface area contributed by atoms with Gasteiger partial charge in [0.25, 0.3) is 0 Å². The molecule has 3 aromatic heterocycles. The molecule has 2 unspecified atom stereocenters. The van der Waals surface area contributed by atoms with Crippen molar-refractivity contribution in [1.29, 1.82) is 0 Å². The number of ether oxygens (including phenoxy) is 2. The zero-order valence-corrected chi connectivity index (χ0v) is 22.2. The summed E-state index contributed by atoms with van der Waals surface area (Å²) in [6.45, 7) is 3.69. The van der Waals surface area contributed by atoms with Crippen LogP contribution in [0.25, 0.3) is 11.5 Å². The molecule has 0 saturated heterocycles. The molecular formula is C23H30ClN7O4S. The van der Waals surface area contributed by atoms with Gasteiger partial charge in [-0.05, 0) is 31.7 Å². The first-order chi connectivity index (χ1) is 17.2. The van der Waals surface area contributed by atoms with E-state index in [1.165, 1.54) is 33.5 Å². The summed E-state index contributed by atoms with van der Waals surface area (Å²) < 4.78 is 42.3. The van der Waals surface area contributed by atoms with Crippen molar-refractivity contribution < 1.29 is 17.9 Å². The molecule has 3 heterocycles. The van der Waals surface area contributed by atoms with Crippen molar-refractivity contribution in [3.05, 3.63) is 41.4 Å². The SMILES string of the molecule is COc1cccc(-c2nnc(NS(=O)(=O)C(C)C(OC)c3ncc(Cl)cn3)n2[C@@H]2CCCC[C@H]2C)n1. The highest BCUT2D eigenvalue weighted by atomic mass is 35.5. The van der Waals surface area contributed by atoms with Crippen LogP contribution in [0.1, 0.15) is 57.5 Å². The minimum Gasteiger partial charge on any atom is -0.481 e. The molecule has 4 rings (SSSR count). The van der Waals surface area contributed by atoms with Gasteiger partial charge in [-0.1, -0.05) is 37.4 Å². The van der Waals surface area contributed by atoms with Gasteiger partial charge in [-0.15, -0.1) is 10.2 Å². The van der Waals surface area contributed by atoms with E-state index in [2.05, 4.69) is 36.8 Å². The molecule has 0 amide bonds. The van der Waals surface area contributed by atoms with Crippen LogP contribution >= 0.6 is 11.6 Å². The number of halogens is 1. The maximum absolute atomic E-state index is 13.5. The maximum Gasteiger partial charge on any atom is 0.240 e. The molecule has 13 heteroatoms. The molecule has 1 N–H and O–H groups in total. The molecule has 194 valence electrons. The van der Waals surface area contributed by atoms with E-state index in [0.29, 0.717) is 28.3 Å². The molecule has 1 aliphatic rings. The molecule has 11 nitrogen and oxygen atoms in total. The molecule has 3 aromatic rings. The molecule has 1 saturated carbocycles. The van der Waals surface area contributed by atoms with Crippen LogP contribution in [-0.2, 0) is 14.8 Å². The monoisotopic (exact) mass is 535 g/mol. The Morgan fingerprint density at radius 2 is 1.86 bits per heavy atom. The molecule has 0 aliphatic heterocycles. The first kappa shape index (κ1) is 26.2. The Kier molecular flexibility index (Phi) is 8.06. The van der Waals surface area contributed by atoms with Crippen LogP contribution < -0.4 is 9.46 Å². The lowest BCUT2D eigenvalue weighted by Crippen LogP contribution is -2.34. The summed E-state index contributed by atoms with van der Waals surface area (Å²) in [5.74, 6) is 1.55. The smallest absolute Gasteiger partial charge is 0.240 e. The van der Waals surface area contributed by atoms with Gasteiger partial charge in [0, 0.05) is 31.6 Å². The van der Waals surface area contributed by atoms with Crippen LogP contribution in [0.3, 0.4) is 0 Å². The van der Waals surface area contributed by atoms with E-state index in [1.807, 2.05) is 10.6 Å². The number of sulfonamides is 1. The lowest BCUT2D eigenvalue weighted by molar-refractivity contribution is 0.0950. The summed E-state index contributed by atoms with van der Waals surface area (Å²) in [7, 11) is -1.05. The Labute approximate surface area is 215 Å². The Bertz CT molecular complexity index is 1290. The van der Waals surface area contributed by atoms with Crippen molar-refractivity contribution >= 4 is 27.6 Å². The average molecular weight is 536 g/mol. The maximum atomic E-state index is 13.5. The molecule has 0 radical (unpaired) electrons. The van der Waals surface area contributed by atoms with Crippen LogP contribution in [0.2, 0.25) is 5.02 Å². The second kappa shape index (κ2) is 11.1. The zero-order chi connectivity index (χ0) is 25.9. The minimum atomic E-state index is -4.00. The van der Waals surface area contributed by atoms with Crippen LogP contribution in [-0.4, -0.2) is 57.6 Å². The number of methoxy groups -OCH3 is 2. The van der Waals surface area contributed by atoms with Gasteiger partial charge in [0.05, 0.1) is 12.1 Å². The Hall–Kier alpha value is -2.83. The average Bonchev–Trinajstić information content (AvgIpc) is 3.28. The van der Waals surface area contributed by atoms with Gasteiger partial charge in [-0.3, -0.25) is 9.29 Å². The number of aromatic nitrogens is 6. The van der Waals surface area contributed by atoms with Crippen molar-refractivity contribution in [3.63, 3.8) is 0 Å². The fourth-order valence-electron chi connectivity index (χ4n) is 4.54. The van der Waals surface area contributed by atoms with Crippen LogP contribution in [0.4, 0.5) is 5.95 Å². The molecule has 36 heavy (non-hydrogen) atoms. The van der Waals surface area contributed by atoms with Gasteiger partial charge < -0.3 is 9.47 Å². The van der Waals surface area contributed by atoms with Crippen LogP contribution in [0.15, 0.2) is 30.6 Å². The van der Waals surface area contributed by atoms with Crippen molar-refractivity contribution in [3.8, 4) is 17.4 Å². The van der Waals surface area contributed by atoms with Crippen molar-refractivity contribution in [2.45, 2.75) is 56.9 Å². The molecule has 0 aromatic carbocycles. The number of pyridine rings is 1. The predicted octanol–water partition coefficient (Wildman–Crippen LogP) is 4.06. The number of hydrogen-bond acceptors (Lipinski definition) is 9. The van der Waals surface area contributed by atoms with E-state index in [-0.39, 0.29) is 17.8 Å². The second-order valence-corrected chi connectivity index (χ2v) is 11.4. The Morgan fingerprint density at radius 3 is 2.53 bits per heavy atom. The summed E-state index contributed by atoms with van der Waals surface area (Å²) in [6.07, 6.45) is 5.93. The third-order valence-corrected chi connectivity index (χ3v) is 8.44. The largest absolute Gasteiger partial charge is 0.481 e. The van der Waals surface area contributed by atoms with Crippen molar-refractivity contribution in [2.24, 2.45) is 5.92 Å². The molecule has 1 fully saturated rings. The fourth-order valence-corrected chi connectivity index (χ4v) is 5.78. The van der Waals surface area contributed by atoms with Gasteiger partial charge >= 0.3 is 0 Å². The lowest BCUT2D eigenvalue weighted by Gasteiger charge is -2.32. The van der Waals surface area contributed by atoms with Crippen LogP contribution in [0, 0.1) is 5.92 Å². The van der Waals surface area contributed by atoms with Gasteiger partial charge in [-0.25, -0.2) is 23.4 Å². The Balaban J connectivity index is 1.72. The topological polar surface area (TPSA) is 134 Å².